The van der Waals surface area contributed by atoms with Crippen LogP contribution in [0.15, 0.2) is 11.6 Å². The molecule has 1 N–H and O–H groups in total. The van der Waals surface area contributed by atoms with E-state index in [2.05, 4.69) is 33.8 Å². The number of ether oxygens (including phenoxy) is 1. The van der Waals surface area contributed by atoms with Crippen molar-refractivity contribution in [1.82, 2.24) is 0 Å². The van der Waals surface area contributed by atoms with E-state index in [0.29, 0.717) is 12.5 Å². The molecule has 3 nitrogen and oxygen atoms in total. The van der Waals surface area contributed by atoms with Gasteiger partial charge in [0.1, 0.15) is 0 Å². The molecule has 2 atom stereocenters. The smallest absolute Gasteiger partial charge is 0.310 e. The van der Waals surface area contributed by atoms with Gasteiger partial charge >= 0.3 is 5.97 Å². The van der Waals surface area contributed by atoms with Crippen molar-refractivity contribution in [2.75, 3.05) is 13.2 Å². The Kier molecular flexibility index (Phi) is 5.39. The summed E-state index contributed by atoms with van der Waals surface area (Å²) in [7, 11) is 0. The normalized spacial score (nSPS) is 24.5. The number of unbranched alkanes of at least 4 members (excludes halogenated alkanes) is 2. The molecule has 0 bridgehead atoms. The zero-order valence-electron chi connectivity index (χ0n) is 12.0. The van der Waals surface area contributed by atoms with Crippen molar-refractivity contribution in [2.45, 2.75) is 47.0 Å². The maximum absolute atomic E-state index is 11.9. The Hall–Kier alpha value is -0.830. The van der Waals surface area contributed by atoms with E-state index in [4.69, 9.17) is 9.84 Å². The van der Waals surface area contributed by atoms with Crippen LogP contribution in [-0.2, 0) is 9.53 Å². The highest BCUT2D eigenvalue weighted by Gasteiger charge is 2.61. The van der Waals surface area contributed by atoms with Crippen molar-refractivity contribution in [3.05, 3.63) is 11.6 Å². The van der Waals surface area contributed by atoms with Gasteiger partial charge in [-0.05, 0) is 44.4 Å². The minimum Gasteiger partial charge on any atom is -0.465 e. The van der Waals surface area contributed by atoms with Gasteiger partial charge < -0.3 is 9.84 Å². The number of esters is 1. The van der Waals surface area contributed by atoms with Crippen LogP contribution in [-0.4, -0.2) is 24.3 Å². The molecular formula is C15H26O3. The Bertz CT molecular complexity index is 314. The number of hydrogen-bond donors (Lipinski definition) is 1. The van der Waals surface area contributed by atoms with Gasteiger partial charge in [-0.1, -0.05) is 25.5 Å². The summed E-state index contributed by atoms with van der Waals surface area (Å²) >= 11 is 0. The van der Waals surface area contributed by atoms with Crippen LogP contribution >= 0.6 is 0 Å². The molecule has 0 radical (unpaired) electrons. The first kappa shape index (κ1) is 15.2. The van der Waals surface area contributed by atoms with Crippen LogP contribution < -0.4 is 0 Å². The molecular weight excluding hydrogens is 228 g/mol. The number of rotatable bonds is 7. The first-order valence-corrected chi connectivity index (χ1v) is 6.83. The fourth-order valence-corrected chi connectivity index (χ4v) is 2.45. The van der Waals surface area contributed by atoms with Crippen molar-refractivity contribution < 1.29 is 14.6 Å². The van der Waals surface area contributed by atoms with Crippen molar-refractivity contribution in [3.63, 3.8) is 0 Å². The van der Waals surface area contributed by atoms with Gasteiger partial charge in [0.15, 0.2) is 0 Å². The van der Waals surface area contributed by atoms with Crippen LogP contribution in [0, 0.1) is 17.3 Å². The quantitative estimate of drug-likeness (QED) is 0.431. The third-order valence-corrected chi connectivity index (χ3v) is 3.72. The molecule has 0 aromatic heterocycles. The number of hydrogen-bond acceptors (Lipinski definition) is 3. The van der Waals surface area contributed by atoms with E-state index < -0.39 is 0 Å². The standard InChI is InChI=1S/C15H26O3/c1-11(2)10-12-13(15(12,3)4)14(17)18-9-7-5-6-8-16/h10,12-13,16H,5-9H2,1-4H3/t12-,13-/m1/s1. The summed E-state index contributed by atoms with van der Waals surface area (Å²) in [6.07, 6.45) is 4.71. The summed E-state index contributed by atoms with van der Waals surface area (Å²) in [6.45, 7) is 9.06. The van der Waals surface area contributed by atoms with Gasteiger partial charge in [-0.25, -0.2) is 0 Å². The molecule has 0 aromatic carbocycles. The van der Waals surface area contributed by atoms with Crippen LogP contribution in [0.4, 0.5) is 0 Å². The second-order valence-electron chi connectivity index (χ2n) is 6.02. The van der Waals surface area contributed by atoms with Gasteiger partial charge in [-0.15, -0.1) is 0 Å². The minimum absolute atomic E-state index is 0.0187. The molecule has 1 aliphatic rings. The molecule has 1 aliphatic carbocycles. The SMILES string of the molecule is CC(C)=C[C@@H]1[C@H](C(=O)OCCCCCO)C1(C)C. The predicted octanol–water partition coefficient (Wildman–Crippen LogP) is 2.93. The van der Waals surface area contributed by atoms with E-state index in [9.17, 15) is 4.79 Å². The maximum atomic E-state index is 11.9. The second-order valence-corrected chi connectivity index (χ2v) is 6.02. The monoisotopic (exact) mass is 254 g/mol. The predicted molar refractivity (Wildman–Crippen MR) is 72.1 cm³/mol. The van der Waals surface area contributed by atoms with Crippen molar-refractivity contribution in [1.29, 1.82) is 0 Å². The van der Waals surface area contributed by atoms with Crippen LogP contribution in [0.5, 0.6) is 0 Å². The zero-order chi connectivity index (χ0) is 13.8. The lowest BCUT2D eigenvalue weighted by Gasteiger charge is -2.05. The van der Waals surface area contributed by atoms with Crippen molar-refractivity contribution in [3.8, 4) is 0 Å². The van der Waals surface area contributed by atoms with Crippen LogP contribution in [0.25, 0.3) is 0 Å². The third kappa shape index (κ3) is 3.84. The van der Waals surface area contributed by atoms with E-state index in [1.807, 2.05) is 0 Å². The molecule has 0 spiro atoms. The summed E-state index contributed by atoms with van der Waals surface area (Å²) in [4.78, 5) is 11.9. The number of carbonyl (C=O) groups is 1. The van der Waals surface area contributed by atoms with Crippen LogP contribution in [0.1, 0.15) is 47.0 Å². The van der Waals surface area contributed by atoms with Gasteiger partial charge in [0.25, 0.3) is 0 Å². The molecule has 18 heavy (non-hydrogen) atoms. The molecule has 0 amide bonds. The largest absolute Gasteiger partial charge is 0.465 e. The zero-order valence-corrected chi connectivity index (χ0v) is 12.0. The number of aliphatic hydroxyl groups is 1. The highest BCUT2D eigenvalue weighted by atomic mass is 16.5. The maximum Gasteiger partial charge on any atom is 0.310 e. The molecule has 0 heterocycles. The first-order valence-electron chi connectivity index (χ1n) is 6.83. The fourth-order valence-electron chi connectivity index (χ4n) is 2.45. The molecule has 0 aromatic rings. The average molecular weight is 254 g/mol. The van der Waals surface area contributed by atoms with Crippen molar-refractivity contribution >= 4 is 5.97 Å². The van der Waals surface area contributed by atoms with Gasteiger partial charge in [-0.3, -0.25) is 4.79 Å². The lowest BCUT2D eigenvalue weighted by molar-refractivity contribution is -0.146. The number of allylic oxidation sites excluding steroid dienone is 2. The summed E-state index contributed by atoms with van der Waals surface area (Å²) in [5.74, 6) is 0.282. The van der Waals surface area contributed by atoms with Gasteiger partial charge in [0.05, 0.1) is 12.5 Å². The van der Waals surface area contributed by atoms with Gasteiger partial charge in [-0.2, -0.15) is 0 Å². The molecule has 0 unspecified atom stereocenters. The summed E-state index contributed by atoms with van der Waals surface area (Å²) in [5.41, 5.74) is 1.30. The summed E-state index contributed by atoms with van der Waals surface area (Å²) in [5, 5.41) is 8.65. The highest BCUT2D eigenvalue weighted by molar-refractivity contribution is 5.78. The second kappa shape index (κ2) is 6.37. The average Bonchev–Trinajstić information content (AvgIpc) is 2.79. The Morgan fingerprint density at radius 2 is 1.94 bits per heavy atom. The Balaban J connectivity index is 2.33. The van der Waals surface area contributed by atoms with E-state index in [1.165, 1.54) is 5.57 Å². The fraction of sp³-hybridized carbons (Fsp3) is 0.800. The van der Waals surface area contributed by atoms with Crippen LogP contribution in [0.3, 0.4) is 0 Å². The Morgan fingerprint density at radius 1 is 1.28 bits per heavy atom. The molecule has 0 saturated heterocycles. The summed E-state index contributed by atoms with van der Waals surface area (Å²) in [6, 6.07) is 0. The first-order chi connectivity index (χ1) is 8.41. The lowest BCUT2D eigenvalue weighted by atomic mass is 10.1. The minimum atomic E-state index is -0.0634. The summed E-state index contributed by atoms with van der Waals surface area (Å²) < 4.78 is 5.31. The molecule has 3 heteroatoms. The highest BCUT2D eigenvalue weighted by Crippen LogP contribution is 2.59. The van der Waals surface area contributed by atoms with Crippen molar-refractivity contribution in [2.24, 2.45) is 17.3 Å². The molecule has 104 valence electrons. The number of carbonyl (C=O) groups excluding carboxylic acids is 1. The lowest BCUT2D eigenvalue weighted by Crippen LogP contribution is -2.11. The van der Waals surface area contributed by atoms with E-state index in [0.717, 1.165) is 19.3 Å². The third-order valence-electron chi connectivity index (χ3n) is 3.72. The Labute approximate surface area is 110 Å². The van der Waals surface area contributed by atoms with E-state index in [1.54, 1.807) is 0 Å². The number of aliphatic hydroxyl groups excluding tert-OH is 1. The Morgan fingerprint density at radius 3 is 2.50 bits per heavy atom. The molecule has 1 rings (SSSR count). The van der Waals surface area contributed by atoms with Crippen LogP contribution in [0.2, 0.25) is 0 Å². The van der Waals surface area contributed by atoms with Gasteiger partial charge in [0.2, 0.25) is 0 Å². The topological polar surface area (TPSA) is 46.5 Å². The molecule has 1 saturated carbocycles. The van der Waals surface area contributed by atoms with Gasteiger partial charge in [0, 0.05) is 6.61 Å². The molecule has 1 fully saturated rings. The van der Waals surface area contributed by atoms with E-state index >= 15 is 0 Å². The van der Waals surface area contributed by atoms with E-state index in [-0.39, 0.29) is 23.9 Å². The molecule has 0 aliphatic heterocycles.